The smallest absolute Gasteiger partial charge is 0.322 e. The molecular weight excluding hydrogens is 434 g/mol. The Hall–Kier alpha value is -2.46. The van der Waals surface area contributed by atoms with Crippen molar-refractivity contribution in [2.24, 2.45) is 5.92 Å². The molecule has 0 aliphatic carbocycles. The predicted octanol–water partition coefficient (Wildman–Crippen LogP) is 1.45. The van der Waals surface area contributed by atoms with E-state index in [1.54, 1.807) is 6.92 Å². The van der Waals surface area contributed by atoms with Gasteiger partial charge < -0.3 is 25.4 Å². The summed E-state index contributed by atoms with van der Waals surface area (Å²) >= 11 is 0. The molecule has 4 N–H and O–H groups in total. The van der Waals surface area contributed by atoms with Gasteiger partial charge in [0.2, 0.25) is 0 Å². The topological polar surface area (TPSA) is 106 Å². The quantitative estimate of drug-likeness (QED) is 0.369. The molecule has 5 rings (SSSR count). The number of fused-ring (bicyclic) bond motifs is 1. The number of ether oxygens (including phenoxy) is 1. The Bertz CT molecular complexity index is 970. The van der Waals surface area contributed by atoms with Gasteiger partial charge >= 0.3 is 6.03 Å². The fourth-order valence-electron chi connectivity index (χ4n) is 6.16. The van der Waals surface area contributed by atoms with Gasteiger partial charge in [0.05, 0.1) is 5.76 Å². The van der Waals surface area contributed by atoms with Crippen LogP contribution in [0.5, 0.6) is 5.75 Å². The van der Waals surface area contributed by atoms with E-state index < -0.39 is 17.8 Å². The molecule has 3 fully saturated rings. The second-order valence-electron chi connectivity index (χ2n) is 10.1. The van der Waals surface area contributed by atoms with E-state index in [1.165, 1.54) is 0 Å². The van der Waals surface area contributed by atoms with Crippen molar-refractivity contribution in [3.63, 3.8) is 0 Å². The van der Waals surface area contributed by atoms with Crippen molar-refractivity contribution in [1.29, 1.82) is 0 Å². The van der Waals surface area contributed by atoms with Gasteiger partial charge in [0.25, 0.3) is 5.91 Å². The number of benzene rings is 1. The van der Waals surface area contributed by atoms with E-state index in [1.807, 2.05) is 23.1 Å². The molecular formula is C25H35N5O4. The molecule has 0 bridgehead atoms. The molecule has 9 nitrogen and oxygen atoms in total. The predicted molar refractivity (Wildman–Crippen MR) is 127 cm³/mol. The highest BCUT2D eigenvalue weighted by Gasteiger charge is 2.54. The first-order valence-corrected chi connectivity index (χ1v) is 12.3. The van der Waals surface area contributed by atoms with Crippen molar-refractivity contribution in [2.45, 2.75) is 57.0 Å². The molecule has 3 saturated heterocycles. The molecule has 34 heavy (non-hydrogen) atoms. The summed E-state index contributed by atoms with van der Waals surface area (Å²) in [7, 11) is 0. The van der Waals surface area contributed by atoms with Crippen molar-refractivity contribution in [3.8, 4) is 5.75 Å². The summed E-state index contributed by atoms with van der Waals surface area (Å²) in [6.45, 7) is 10.3. The van der Waals surface area contributed by atoms with E-state index in [-0.39, 0.29) is 18.4 Å². The number of piperidine rings is 2. The molecule has 4 aliphatic rings. The van der Waals surface area contributed by atoms with Gasteiger partial charge in [-0.05, 0) is 82.4 Å². The average molecular weight is 470 g/mol. The first-order valence-electron chi connectivity index (χ1n) is 12.3. The van der Waals surface area contributed by atoms with Crippen molar-refractivity contribution >= 4 is 11.9 Å². The molecule has 0 saturated carbocycles. The lowest BCUT2D eigenvalue weighted by atomic mass is 9.76. The Balaban J connectivity index is 1.31. The van der Waals surface area contributed by atoms with E-state index >= 15 is 0 Å². The van der Waals surface area contributed by atoms with Crippen LogP contribution >= 0.6 is 0 Å². The SMILES string of the molecule is C=C(C)Oc1ccc2c(c1)CN(CC1(C3CCN(C4CCNCC4)CC3)NC(=O)NC1=O)C2O. The lowest BCUT2D eigenvalue weighted by Crippen LogP contribution is -2.62. The molecule has 1 aromatic rings. The number of aliphatic hydroxyl groups is 1. The molecule has 2 unspecified atom stereocenters. The average Bonchev–Trinajstić information content (AvgIpc) is 3.29. The van der Waals surface area contributed by atoms with E-state index in [9.17, 15) is 14.7 Å². The van der Waals surface area contributed by atoms with Gasteiger partial charge in [0.15, 0.2) is 0 Å². The number of nitrogens with zero attached hydrogens (tertiary/aromatic N) is 2. The number of imide groups is 1. The van der Waals surface area contributed by atoms with Crippen LogP contribution in [-0.4, -0.2) is 71.1 Å². The fraction of sp³-hybridized carbons (Fsp3) is 0.600. The third-order valence-electron chi connectivity index (χ3n) is 7.88. The van der Waals surface area contributed by atoms with E-state index in [2.05, 4.69) is 27.4 Å². The van der Waals surface area contributed by atoms with Gasteiger partial charge in [-0.3, -0.25) is 15.0 Å². The van der Waals surface area contributed by atoms with Crippen molar-refractivity contribution in [2.75, 3.05) is 32.7 Å². The lowest BCUT2D eigenvalue weighted by Gasteiger charge is -2.45. The van der Waals surface area contributed by atoms with E-state index in [4.69, 9.17) is 4.74 Å². The molecule has 4 heterocycles. The molecule has 0 radical (unpaired) electrons. The highest BCUT2D eigenvalue weighted by Crippen LogP contribution is 2.39. The van der Waals surface area contributed by atoms with Gasteiger partial charge in [0.1, 0.15) is 17.5 Å². The van der Waals surface area contributed by atoms with Crippen molar-refractivity contribution in [1.82, 2.24) is 25.8 Å². The van der Waals surface area contributed by atoms with Gasteiger partial charge in [-0.15, -0.1) is 0 Å². The zero-order chi connectivity index (χ0) is 23.9. The van der Waals surface area contributed by atoms with E-state index in [0.717, 1.165) is 63.0 Å². The molecule has 4 aliphatic heterocycles. The van der Waals surface area contributed by atoms with Crippen LogP contribution in [0.4, 0.5) is 4.79 Å². The maximum absolute atomic E-state index is 13.2. The maximum Gasteiger partial charge on any atom is 0.322 e. The van der Waals surface area contributed by atoms with Crippen molar-refractivity contribution in [3.05, 3.63) is 41.7 Å². The van der Waals surface area contributed by atoms with Crippen LogP contribution in [0.3, 0.4) is 0 Å². The van der Waals surface area contributed by atoms with Crippen LogP contribution in [0.25, 0.3) is 0 Å². The number of hydrogen-bond acceptors (Lipinski definition) is 7. The second-order valence-corrected chi connectivity index (χ2v) is 10.1. The molecule has 3 amide bonds. The number of aliphatic hydroxyl groups excluding tert-OH is 1. The number of rotatable bonds is 6. The number of carbonyl (C=O) groups is 2. The number of urea groups is 1. The summed E-state index contributed by atoms with van der Waals surface area (Å²) in [6.07, 6.45) is 3.15. The molecule has 1 aromatic carbocycles. The minimum Gasteiger partial charge on any atom is -0.463 e. The number of allylic oxidation sites excluding steroid dienone is 1. The number of amides is 3. The summed E-state index contributed by atoms with van der Waals surface area (Å²) in [6, 6.07) is 5.72. The number of carbonyl (C=O) groups excluding carboxylic acids is 2. The van der Waals surface area contributed by atoms with Crippen LogP contribution in [0.2, 0.25) is 0 Å². The maximum atomic E-state index is 13.2. The zero-order valence-corrected chi connectivity index (χ0v) is 19.8. The van der Waals surface area contributed by atoms with Crippen LogP contribution < -0.4 is 20.7 Å². The van der Waals surface area contributed by atoms with Gasteiger partial charge in [0, 0.05) is 24.7 Å². The number of likely N-dealkylation sites (tertiary alicyclic amines) is 1. The summed E-state index contributed by atoms with van der Waals surface area (Å²) < 4.78 is 5.63. The van der Waals surface area contributed by atoms with Gasteiger partial charge in [-0.2, -0.15) is 0 Å². The first kappa shape index (κ1) is 23.3. The molecule has 0 aromatic heterocycles. The summed E-state index contributed by atoms with van der Waals surface area (Å²) in [4.78, 5) is 29.9. The van der Waals surface area contributed by atoms with Gasteiger partial charge in [-0.25, -0.2) is 4.79 Å². The van der Waals surface area contributed by atoms with Crippen LogP contribution in [0, 0.1) is 5.92 Å². The van der Waals surface area contributed by atoms with Crippen LogP contribution in [0.15, 0.2) is 30.5 Å². The van der Waals surface area contributed by atoms with Crippen LogP contribution in [0.1, 0.15) is 50.0 Å². The molecule has 9 heteroatoms. The lowest BCUT2D eigenvalue weighted by molar-refractivity contribution is -0.129. The fourth-order valence-corrected chi connectivity index (χ4v) is 6.16. The van der Waals surface area contributed by atoms with E-state index in [0.29, 0.717) is 24.1 Å². The monoisotopic (exact) mass is 469 g/mol. The minimum absolute atomic E-state index is 0.00939. The van der Waals surface area contributed by atoms with Crippen LogP contribution in [-0.2, 0) is 11.3 Å². The third-order valence-corrected chi connectivity index (χ3v) is 7.88. The van der Waals surface area contributed by atoms with Gasteiger partial charge in [-0.1, -0.05) is 12.6 Å². The second kappa shape index (κ2) is 9.30. The first-order chi connectivity index (χ1) is 16.4. The Morgan fingerprint density at radius 1 is 1.21 bits per heavy atom. The highest BCUT2D eigenvalue weighted by atomic mass is 16.5. The Morgan fingerprint density at radius 3 is 2.59 bits per heavy atom. The third kappa shape index (κ3) is 4.33. The zero-order valence-electron chi connectivity index (χ0n) is 19.8. The Labute approximate surface area is 200 Å². The molecule has 2 atom stereocenters. The largest absolute Gasteiger partial charge is 0.463 e. The highest BCUT2D eigenvalue weighted by molar-refractivity contribution is 6.07. The standard InChI is InChI=1S/C25H35N5O4/c1-16(2)34-20-3-4-21-17(13-20)14-30(22(21)31)15-25(23(32)27-24(33)28-25)18-7-11-29(12-8-18)19-5-9-26-10-6-19/h3-4,13,18-19,22,26,31H,1,5-12,14-15H2,2H3,(H2,27,28,32,33). The minimum atomic E-state index is -1.04. The summed E-state index contributed by atoms with van der Waals surface area (Å²) in [5, 5.41) is 19.9. The normalized spacial score (nSPS) is 29.1. The Morgan fingerprint density at radius 2 is 1.94 bits per heavy atom. The Kier molecular flexibility index (Phi) is 6.37. The molecule has 184 valence electrons. The number of nitrogens with one attached hydrogen (secondary N) is 3. The van der Waals surface area contributed by atoms with Crippen molar-refractivity contribution < 1.29 is 19.4 Å². The molecule has 0 spiro atoms. The summed E-state index contributed by atoms with van der Waals surface area (Å²) in [5.41, 5.74) is 0.707. The summed E-state index contributed by atoms with van der Waals surface area (Å²) in [5.74, 6) is 0.991. The number of hydrogen-bond donors (Lipinski definition) is 4.